The molecule has 2 aromatic rings. The second-order valence-electron chi connectivity index (χ2n) is 7.11. The largest absolute Gasteiger partial charge is 0.358 e. The number of aliphatic imine (C=N–C) groups is 1. The molecular weight excluding hydrogens is 338 g/mol. The van der Waals surface area contributed by atoms with Crippen molar-refractivity contribution in [2.75, 3.05) is 26.2 Å². The van der Waals surface area contributed by atoms with E-state index in [0.29, 0.717) is 6.42 Å². The summed E-state index contributed by atoms with van der Waals surface area (Å²) in [6.45, 7) is 9.26. The Bertz CT molecular complexity index is 810. The Morgan fingerprint density at radius 3 is 2.93 bits per heavy atom. The number of aromatic amines is 1. The van der Waals surface area contributed by atoms with Gasteiger partial charge in [-0.3, -0.25) is 9.79 Å². The highest BCUT2D eigenvalue weighted by Gasteiger charge is 2.25. The molecule has 1 aromatic heterocycles. The zero-order valence-electron chi connectivity index (χ0n) is 16.6. The van der Waals surface area contributed by atoms with Gasteiger partial charge in [0.1, 0.15) is 0 Å². The van der Waals surface area contributed by atoms with Crippen molar-refractivity contribution in [1.82, 2.24) is 20.5 Å². The fourth-order valence-electron chi connectivity index (χ4n) is 3.78. The van der Waals surface area contributed by atoms with Crippen molar-refractivity contribution in [3.8, 4) is 0 Å². The quantitative estimate of drug-likeness (QED) is 0.541. The number of carbonyl (C=O) groups excluding carboxylic acids is 1. The Kier molecular flexibility index (Phi) is 6.37. The molecule has 27 heavy (non-hydrogen) atoms. The van der Waals surface area contributed by atoms with Crippen LogP contribution in [0.2, 0.25) is 0 Å². The van der Waals surface area contributed by atoms with Crippen LogP contribution in [-0.2, 0) is 11.2 Å². The van der Waals surface area contributed by atoms with Crippen molar-refractivity contribution in [3.63, 3.8) is 0 Å². The second kappa shape index (κ2) is 8.93. The maximum Gasteiger partial charge on any atom is 0.222 e. The predicted octanol–water partition coefficient (Wildman–Crippen LogP) is 2.58. The van der Waals surface area contributed by atoms with E-state index in [1.807, 2.05) is 11.8 Å². The monoisotopic (exact) mass is 369 g/mol. The van der Waals surface area contributed by atoms with E-state index in [4.69, 9.17) is 4.99 Å². The lowest BCUT2D eigenvalue weighted by Crippen LogP contribution is -2.45. The van der Waals surface area contributed by atoms with Gasteiger partial charge in [-0.05, 0) is 38.3 Å². The fraction of sp³-hybridized carbons (Fsp3) is 0.524. The summed E-state index contributed by atoms with van der Waals surface area (Å²) in [6.07, 6.45) is 2.44. The van der Waals surface area contributed by atoms with E-state index in [1.54, 1.807) is 0 Å². The fourth-order valence-corrected chi connectivity index (χ4v) is 3.78. The van der Waals surface area contributed by atoms with E-state index in [-0.39, 0.29) is 11.9 Å². The molecule has 1 amide bonds. The van der Waals surface area contributed by atoms with Gasteiger partial charge in [0.15, 0.2) is 5.96 Å². The van der Waals surface area contributed by atoms with Gasteiger partial charge < -0.3 is 20.5 Å². The van der Waals surface area contributed by atoms with Crippen molar-refractivity contribution >= 4 is 22.8 Å². The highest BCUT2D eigenvalue weighted by atomic mass is 16.2. The number of rotatable bonds is 6. The molecule has 1 unspecified atom stereocenters. The van der Waals surface area contributed by atoms with Gasteiger partial charge in [-0.1, -0.05) is 25.1 Å². The van der Waals surface area contributed by atoms with Crippen LogP contribution in [-0.4, -0.2) is 54.0 Å². The Morgan fingerprint density at radius 1 is 1.33 bits per heavy atom. The van der Waals surface area contributed by atoms with Crippen LogP contribution in [0.15, 0.2) is 29.3 Å². The lowest BCUT2D eigenvalue weighted by atomic mass is 10.1. The lowest BCUT2D eigenvalue weighted by Gasteiger charge is -2.18. The third-order valence-electron chi connectivity index (χ3n) is 5.19. The first kappa shape index (κ1) is 19.3. The summed E-state index contributed by atoms with van der Waals surface area (Å²) >= 11 is 0. The molecule has 0 radical (unpaired) electrons. The topological polar surface area (TPSA) is 72.5 Å². The predicted molar refractivity (Wildman–Crippen MR) is 111 cm³/mol. The summed E-state index contributed by atoms with van der Waals surface area (Å²) in [5.41, 5.74) is 3.74. The molecule has 1 aliphatic rings. The van der Waals surface area contributed by atoms with Gasteiger partial charge in [0.2, 0.25) is 5.91 Å². The van der Waals surface area contributed by atoms with E-state index in [2.05, 4.69) is 53.7 Å². The summed E-state index contributed by atoms with van der Waals surface area (Å²) in [7, 11) is 0. The molecule has 0 saturated carbocycles. The first-order valence-electron chi connectivity index (χ1n) is 10.0. The minimum absolute atomic E-state index is 0.232. The molecule has 0 spiro atoms. The van der Waals surface area contributed by atoms with Crippen molar-refractivity contribution in [3.05, 3.63) is 35.5 Å². The molecule has 1 atom stereocenters. The van der Waals surface area contributed by atoms with Crippen LogP contribution in [0, 0.1) is 6.92 Å². The van der Waals surface area contributed by atoms with E-state index in [1.165, 1.54) is 22.2 Å². The maximum atomic E-state index is 11.9. The van der Waals surface area contributed by atoms with Crippen molar-refractivity contribution < 1.29 is 4.79 Å². The standard InChI is InChI=1S/C21H31N5O/c1-4-20(27)26-13-11-16(14-26)25-21(22-5-2)23-12-10-17-15(3)24-19-9-7-6-8-18(17)19/h6-9,16,24H,4-5,10-14H2,1-3H3,(H2,22,23,25). The number of hydrogen-bond donors (Lipinski definition) is 3. The van der Waals surface area contributed by atoms with Crippen LogP contribution in [0.4, 0.5) is 0 Å². The van der Waals surface area contributed by atoms with Crippen molar-refractivity contribution in [1.29, 1.82) is 0 Å². The van der Waals surface area contributed by atoms with Crippen LogP contribution in [0.1, 0.15) is 37.9 Å². The Balaban J connectivity index is 1.61. The molecule has 2 heterocycles. The number of H-pyrrole nitrogens is 1. The minimum Gasteiger partial charge on any atom is -0.358 e. The molecule has 1 aliphatic heterocycles. The summed E-state index contributed by atoms with van der Waals surface area (Å²) in [4.78, 5) is 22.0. The first-order chi connectivity index (χ1) is 13.1. The third kappa shape index (κ3) is 4.62. The zero-order chi connectivity index (χ0) is 19.2. The maximum absolute atomic E-state index is 11.9. The molecule has 3 N–H and O–H groups in total. The third-order valence-corrected chi connectivity index (χ3v) is 5.19. The van der Waals surface area contributed by atoms with Crippen LogP contribution < -0.4 is 10.6 Å². The van der Waals surface area contributed by atoms with Crippen LogP contribution in [0.25, 0.3) is 10.9 Å². The molecule has 3 rings (SSSR count). The molecule has 1 fully saturated rings. The van der Waals surface area contributed by atoms with E-state index >= 15 is 0 Å². The molecule has 0 aliphatic carbocycles. The Hall–Kier alpha value is -2.50. The van der Waals surface area contributed by atoms with E-state index in [9.17, 15) is 4.79 Å². The number of likely N-dealkylation sites (tertiary alicyclic amines) is 1. The molecule has 0 bridgehead atoms. The van der Waals surface area contributed by atoms with Crippen LogP contribution in [0.5, 0.6) is 0 Å². The second-order valence-corrected chi connectivity index (χ2v) is 7.11. The summed E-state index contributed by atoms with van der Waals surface area (Å²) < 4.78 is 0. The van der Waals surface area contributed by atoms with Gasteiger partial charge in [0.05, 0.1) is 0 Å². The number of nitrogens with one attached hydrogen (secondary N) is 3. The van der Waals surface area contributed by atoms with Crippen molar-refractivity contribution in [2.24, 2.45) is 4.99 Å². The molecule has 1 saturated heterocycles. The SMILES string of the molecule is CCNC(=NCCc1c(C)[nH]c2ccccc12)NC1CCN(C(=O)CC)C1. The molecule has 6 nitrogen and oxygen atoms in total. The molecule has 6 heteroatoms. The number of aryl methyl sites for hydroxylation is 1. The number of carbonyl (C=O) groups is 1. The number of fused-ring (bicyclic) bond motifs is 1. The number of para-hydroxylation sites is 1. The Labute approximate surface area is 161 Å². The smallest absolute Gasteiger partial charge is 0.222 e. The number of hydrogen-bond acceptors (Lipinski definition) is 2. The molecule has 1 aromatic carbocycles. The molecular formula is C21H31N5O. The number of benzene rings is 1. The lowest BCUT2D eigenvalue weighted by molar-refractivity contribution is -0.129. The van der Waals surface area contributed by atoms with Gasteiger partial charge in [-0.2, -0.15) is 0 Å². The van der Waals surface area contributed by atoms with Gasteiger partial charge in [-0.15, -0.1) is 0 Å². The number of guanidine groups is 1. The number of nitrogens with zero attached hydrogens (tertiary/aromatic N) is 2. The first-order valence-corrected chi connectivity index (χ1v) is 10.0. The van der Waals surface area contributed by atoms with Gasteiger partial charge in [0.25, 0.3) is 0 Å². The summed E-state index contributed by atoms with van der Waals surface area (Å²) in [5, 5.41) is 8.11. The van der Waals surface area contributed by atoms with Gasteiger partial charge in [0, 0.05) is 55.2 Å². The normalized spacial score (nSPS) is 17.5. The number of amides is 1. The van der Waals surface area contributed by atoms with Gasteiger partial charge >= 0.3 is 0 Å². The van der Waals surface area contributed by atoms with Crippen LogP contribution in [0.3, 0.4) is 0 Å². The average molecular weight is 370 g/mol. The molecule has 146 valence electrons. The highest BCUT2D eigenvalue weighted by Crippen LogP contribution is 2.22. The number of aromatic nitrogens is 1. The minimum atomic E-state index is 0.232. The van der Waals surface area contributed by atoms with Crippen LogP contribution >= 0.6 is 0 Å². The summed E-state index contributed by atoms with van der Waals surface area (Å²) in [6, 6.07) is 8.69. The summed E-state index contributed by atoms with van der Waals surface area (Å²) in [5.74, 6) is 1.07. The van der Waals surface area contributed by atoms with Gasteiger partial charge in [-0.25, -0.2) is 0 Å². The Morgan fingerprint density at radius 2 is 2.15 bits per heavy atom. The average Bonchev–Trinajstić information content (AvgIpc) is 3.26. The van der Waals surface area contributed by atoms with Crippen molar-refractivity contribution in [2.45, 2.75) is 46.1 Å². The highest BCUT2D eigenvalue weighted by molar-refractivity contribution is 5.84. The van der Waals surface area contributed by atoms with E-state index in [0.717, 1.165) is 45.0 Å². The zero-order valence-corrected chi connectivity index (χ0v) is 16.6. The van der Waals surface area contributed by atoms with E-state index < -0.39 is 0 Å².